The highest BCUT2D eigenvalue weighted by molar-refractivity contribution is 5.95. The van der Waals surface area contributed by atoms with Gasteiger partial charge in [-0.2, -0.15) is 0 Å². The van der Waals surface area contributed by atoms with Gasteiger partial charge in [0.1, 0.15) is 17.3 Å². The van der Waals surface area contributed by atoms with Gasteiger partial charge in [-0.3, -0.25) is 9.69 Å². The number of carbonyl (C=O) groups is 1. The summed E-state index contributed by atoms with van der Waals surface area (Å²) >= 11 is 0. The van der Waals surface area contributed by atoms with Gasteiger partial charge in [-0.15, -0.1) is 0 Å². The minimum absolute atomic E-state index is 0.140. The normalized spacial score (nSPS) is 16.9. The Morgan fingerprint density at radius 2 is 2.08 bits per heavy atom. The van der Waals surface area contributed by atoms with Crippen LogP contribution in [0.2, 0.25) is 0 Å². The van der Waals surface area contributed by atoms with Crippen LogP contribution in [-0.4, -0.2) is 44.1 Å². The zero-order chi connectivity index (χ0) is 17.8. The van der Waals surface area contributed by atoms with E-state index < -0.39 is 0 Å². The summed E-state index contributed by atoms with van der Waals surface area (Å²) < 4.78 is 11.0. The van der Waals surface area contributed by atoms with E-state index in [4.69, 9.17) is 9.15 Å². The highest BCUT2D eigenvalue weighted by Crippen LogP contribution is 2.24. The van der Waals surface area contributed by atoms with Crippen LogP contribution in [0.3, 0.4) is 0 Å². The lowest BCUT2D eigenvalue weighted by atomic mass is 10.0. The number of benzene rings is 1. The number of carbonyl (C=O) groups excluding carboxylic acids is 1. The van der Waals surface area contributed by atoms with Crippen molar-refractivity contribution in [2.24, 2.45) is 0 Å². The van der Waals surface area contributed by atoms with Crippen LogP contribution < -0.4 is 9.64 Å². The molecule has 1 amide bonds. The van der Waals surface area contributed by atoms with Crippen molar-refractivity contribution >= 4 is 11.6 Å². The van der Waals surface area contributed by atoms with Crippen LogP contribution in [0.1, 0.15) is 30.8 Å². The lowest BCUT2D eigenvalue weighted by Gasteiger charge is -2.34. The molecule has 0 aliphatic carbocycles. The average Bonchev–Trinajstić information content (AvgIpc) is 3.06. The highest BCUT2D eigenvalue weighted by atomic mass is 16.5. The Labute approximate surface area is 149 Å². The molecule has 25 heavy (non-hydrogen) atoms. The smallest absolute Gasteiger partial charge is 0.241 e. The predicted molar refractivity (Wildman–Crippen MR) is 98.3 cm³/mol. The van der Waals surface area contributed by atoms with Crippen LogP contribution in [0.4, 0.5) is 5.69 Å². The average molecular weight is 342 g/mol. The van der Waals surface area contributed by atoms with Gasteiger partial charge in [-0.1, -0.05) is 13.0 Å². The molecule has 2 heterocycles. The van der Waals surface area contributed by atoms with Crippen molar-refractivity contribution in [3.05, 3.63) is 47.9 Å². The largest absolute Gasteiger partial charge is 0.497 e. The van der Waals surface area contributed by atoms with Crippen molar-refractivity contribution in [1.29, 1.82) is 0 Å². The first-order valence-corrected chi connectivity index (χ1v) is 8.80. The molecule has 0 bridgehead atoms. The second-order valence-electron chi connectivity index (χ2n) is 6.66. The maximum Gasteiger partial charge on any atom is 0.241 e. The number of rotatable bonds is 6. The molecule has 0 N–H and O–H groups in total. The van der Waals surface area contributed by atoms with Crippen molar-refractivity contribution in [1.82, 2.24) is 4.90 Å². The monoisotopic (exact) mass is 342 g/mol. The summed E-state index contributed by atoms with van der Waals surface area (Å²) in [5, 5.41) is 0. The van der Waals surface area contributed by atoms with E-state index >= 15 is 0 Å². The van der Waals surface area contributed by atoms with Crippen LogP contribution in [0.5, 0.6) is 5.75 Å². The Morgan fingerprint density at radius 3 is 2.76 bits per heavy atom. The van der Waals surface area contributed by atoms with E-state index in [1.54, 1.807) is 7.11 Å². The van der Waals surface area contributed by atoms with E-state index in [2.05, 4.69) is 11.8 Å². The van der Waals surface area contributed by atoms with Crippen LogP contribution in [0.15, 0.2) is 40.8 Å². The topological polar surface area (TPSA) is 45.9 Å². The number of methoxy groups -OCH3 is 1. The fraction of sp³-hybridized carbons (Fsp3) is 0.450. The minimum atomic E-state index is 0.140. The third kappa shape index (κ3) is 4.23. The lowest BCUT2D eigenvalue weighted by molar-refractivity contribution is -0.121. The quantitative estimate of drug-likeness (QED) is 0.807. The molecule has 1 fully saturated rings. The maximum absolute atomic E-state index is 12.5. The van der Waals surface area contributed by atoms with E-state index in [1.807, 2.05) is 48.2 Å². The molecule has 1 aliphatic rings. The number of piperazine rings is 1. The standard InChI is InChI=1S/C20H26N2O3/c1-15(19-8-7-16(2)25-19)9-10-21-11-12-22(20(23)14-21)17-5-4-6-18(13-17)24-3/h4-8,13,15H,9-12,14H2,1-3H3/t15-/m0/s1. The second kappa shape index (κ2) is 7.74. The molecule has 3 rings (SSSR count). The molecule has 5 nitrogen and oxygen atoms in total. The Balaban J connectivity index is 1.54. The van der Waals surface area contributed by atoms with Crippen molar-refractivity contribution in [2.45, 2.75) is 26.2 Å². The fourth-order valence-electron chi connectivity index (χ4n) is 3.20. The Kier molecular flexibility index (Phi) is 5.43. The first-order valence-electron chi connectivity index (χ1n) is 8.80. The first-order chi connectivity index (χ1) is 12.1. The molecule has 0 saturated carbocycles. The van der Waals surface area contributed by atoms with E-state index in [1.165, 1.54) is 0 Å². The summed E-state index contributed by atoms with van der Waals surface area (Å²) in [7, 11) is 1.64. The summed E-state index contributed by atoms with van der Waals surface area (Å²) in [5.41, 5.74) is 0.906. The summed E-state index contributed by atoms with van der Waals surface area (Å²) in [4.78, 5) is 16.6. The van der Waals surface area contributed by atoms with E-state index in [-0.39, 0.29) is 5.91 Å². The maximum atomic E-state index is 12.5. The second-order valence-corrected chi connectivity index (χ2v) is 6.66. The Hall–Kier alpha value is -2.27. The van der Waals surface area contributed by atoms with Gasteiger partial charge >= 0.3 is 0 Å². The Morgan fingerprint density at radius 1 is 1.24 bits per heavy atom. The van der Waals surface area contributed by atoms with Crippen LogP contribution >= 0.6 is 0 Å². The number of nitrogens with zero attached hydrogens (tertiary/aromatic N) is 2. The molecule has 0 spiro atoms. The zero-order valence-electron chi connectivity index (χ0n) is 15.2. The number of anilines is 1. The third-order valence-electron chi connectivity index (χ3n) is 4.79. The predicted octanol–water partition coefficient (Wildman–Crippen LogP) is 3.44. The van der Waals surface area contributed by atoms with E-state index in [0.717, 1.165) is 42.5 Å². The van der Waals surface area contributed by atoms with Gasteiger partial charge in [-0.05, 0) is 44.2 Å². The third-order valence-corrected chi connectivity index (χ3v) is 4.79. The van der Waals surface area contributed by atoms with Crippen molar-refractivity contribution in [3.63, 3.8) is 0 Å². The van der Waals surface area contributed by atoms with Crippen LogP contribution in [0.25, 0.3) is 0 Å². The summed E-state index contributed by atoms with van der Waals surface area (Å²) in [6.07, 6.45) is 0.986. The molecular weight excluding hydrogens is 316 g/mol. The van der Waals surface area contributed by atoms with Gasteiger partial charge in [0.2, 0.25) is 5.91 Å². The summed E-state index contributed by atoms with van der Waals surface area (Å²) in [6.45, 7) is 7.09. The first kappa shape index (κ1) is 17.5. The molecule has 0 radical (unpaired) electrons. The molecule has 1 aliphatic heterocycles. The van der Waals surface area contributed by atoms with Crippen molar-refractivity contribution in [2.75, 3.05) is 38.2 Å². The van der Waals surface area contributed by atoms with Gasteiger partial charge in [0, 0.05) is 30.8 Å². The van der Waals surface area contributed by atoms with Gasteiger partial charge in [0.15, 0.2) is 0 Å². The Bertz CT molecular complexity index is 725. The van der Waals surface area contributed by atoms with Crippen LogP contribution in [0, 0.1) is 6.92 Å². The number of hydrogen-bond acceptors (Lipinski definition) is 4. The molecule has 134 valence electrons. The van der Waals surface area contributed by atoms with Crippen molar-refractivity contribution < 1.29 is 13.9 Å². The number of ether oxygens (including phenoxy) is 1. The van der Waals surface area contributed by atoms with Gasteiger partial charge in [0.05, 0.1) is 13.7 Å². The SMILES string of the molecule is COc1cccc(N2CCN(CC[C@H](C)c3ccc(C)o3)CC2=O)c1. The highest BCUT2D eigenvalue weighted by Gasteiger charge is 2.25. The number of amides is 1. The fourth-order valence-corrected chi connectivity index (χ4v) is 3.20. The summed E-state index contributed by atoms with van der Waals surface area (Å²) in [5.74, 6) is 3.25. The molecule has 2 aromatic rings. The number of hydrogen-bond donors (Lipinski definition) is 0. The molecule has 1 aromatic carbocycles. The molecule has 5 heteroatoms. The van der Waals surface area contributed by atoms with Gasteiger partial charge < -0.3 is 14.1 Å². The van der Waals surface area contributed by atoms with Gasteiger partial charge in [-0.25, -0.2) is 0 Å². The number of aryl methyl sites for hydroxylation is 1. The van der Waals surface area contributed by atoms with Gasteiger partial charge in [0.25, 0.3) is 0 Å². The molecule has 1 atom stereocenters. The molecule has 0 unspecified atom stereocenters. The molecule has 1 saturated heterocycles. The van der Waals surface area contributed by atoms with E-state index in [9.17, 15) is 4.79 Å². The lowest BCUT2D eigenvalue weighted by Crippen LogP contribution is -2.50. The molecule has 1 aromatic heterocycles. The zero-order valence-corrected chi connectivity index (χ0v) is 15.2. The number of furan rings is 1. The summed E-state index contributed by atoms with van der Waals surface area (Å²) in [6, 6.07) is 11.7. The minimum Gasteiger partial charge on any atom is -0.497 e. The van der Waals surface area contributed by atoms with E-state index in [0.29, 0.717) is 19.0 Å². The van der Waals surface area contributed by atoms with Crippen molar-refractivity contribution in [3.8, 4) is 5.75 Å². The molecular formula is C20H26N2O3. The van der Waals surface area contributed by atoms with Crippen LogP contribution in [-0.2, 0) is 4.79 Å².